The van der Waals surface area contributed by atoms with Gasteiger partial charge in [0, 0.05) is 13.2 Å². The minimum atomic E-state index is -1.22. The lowest BCUT2D eigenvalue weighted by molar-refractivity contribution is 0.0622. The van der Waals surface area contributed by atoms with Gasteiger partial charge in [-0.15, -0.1) is 0 Å². The first kappa shape index (κ1) is 9.23. The lowest BCUT2D eigenvalue weighted by atomic mass is 10.4. The van der Waals surface area contributed by atoms with Gasteiger partial charge in [0.15, 0.2) is 8.32 Å². The monoisotopic (exact) mass is 174 g/mol. The molecule has 0 saturated carbocycles. The molecule has 0 atom stereocenters. The van der Waals surface area contributed by atoms with Crippen LogP contribution in [-0.2, 0) is 9.16 Å². The third-order valence-electron chi connectivity index (χ3n) is 2.21. The van der Waals surface area contributed by atoms with E-state index in [2.05, 4.69) is 20.4 Å². The van der Waals surface area contributed by atoms with E-state index in [1.807, 2.05) is 0 Å². The molecule has 0 spiro atoms. The van der Waals surface area contributed by atoms with E-state index in [0.29, 0.717) is 6.10 Å². The average molecular weight is 174 g/mol. The van der Waals surface area contributed by atoms with Crippen LogP contribution in [0.2, 0.25) is 18.6 Å². The normalized spacial score (nSPS) is 36.8. The number of rotatable bonds is 4. The largest absolute Gasteiger partial charge is 0.417 e. The molecule has 1 saturated heterocycles. The quantitative estimate of drug-likeness (QED) is 0.607. The lowest BCUT2D eigenvalue weighted by Crippen LogP contribution is -2.51. The molecule has 0 bridgehead atoms. The Bertz CT molecular complexity index is 121. The predicted octanol–water partition coefficient (Wildman–Crippen LogP) is 2.02. The second-order valence-corrected chi connectivity index (χ2v) is 7.37. The highest BCUT2D eigenvalue weighted by molar-refractivity contribution is 6.75. The average Bonchev–Trinajstić information content (AvgIpc) is 1.85. The number of hydrogen-bond donors (Lipinski definition) is 0. The van der Waals surface area contributed by atoms with E-state index < -0.39 is 8.32 Å². The fourth-order valence-electron chi connectivity index (χ4n) is 1.72. The zero-order valence-corrected chi connectivity index (χ0v) is 8.72. The molecule has 0 aliphatic carbocycles. The number of hydrogen-bond acceptors (Lipinski definition) is 2. The Morgan fingerprint density at radius 3 is 2.36 bits per heavy atom. The summed E-state index contributed by atoms with van der Waals surface area (Å²) in [5, 5.41) is 0. The smallest absolute Gasteiger partial charge is 0.194 e. The van der Waals surface area contributed by atoms with Gasteiger partial charge in [-0.2, -0.15) is 0 Å². The van der Waals surface area contributed by atoms with Gasteiger partial charge in [0.05, 0.1) is 6.10 Å². The third kappa shape index (κ3) is 2.29. The molecule has 0 radical (unpaired) electrons. The molecule has 0 N–H and O–H groups in total. The summed E-state index contributed by atoms with van der Waals surface area (Å²) in [7, 11) is -1.22. The van der Waals surface area contributed by atoms with Crippen LogP contribution in [0.15, 0.2) is 0 Å². The minimum absolute atomic E-state index is 0.517. The molecule has 66 valence electrons. The highest BCUT2D eigenvalue weighted by Crippen LogP contribution is 2.35. The summed E-state index contributed by atoms with van der Waals surface area (Å²) >= 11 is 0. The highest BCUT2D eigenvalue weighted by Gasteiger charge is 2.44. The molecule has 0 unspecified atom stereocenters. The van der Waals surface area contributed by atoms with Crippen LogP contribution >= 0.6 is 0 Å². The molecule has 1 aliphatic rings. The summed E-state index contributed by atoms with van der Waals surface area (Å²) in [5.41, 5.74) is 0. The van der Waals surface area contributed by atoms with E-state index in [9.17, 15) is 0 Å². The van der Waals surface area contributed by atoms with Crippen molar-refractivity contribution in [1.82, 2.24) is 0 Å². The van der Waals surface area contributed by atoms with Gasteiger partial charge in [-0.1, -0.05) is 0 Å². The molecular formula is C8H18O2Si. The van der Waals surface area contributed by atoms with Crippen LogP contribution in [0, 0.1) is 0 Å². The van der Waals surface area contributed by atoms with Crippen LogP contribution in [0.3, 0.4) is 0 Å². The molecule has 2 nitrogen and oxygen atoms in total. The molecule has 0 amide bonds. The van der Waals surface area contributed by atoms with Crippen LogP contribution < -0.4 is 0 Å². The van der Waals surface area contributed by atoms with Gasteiger partial charge in [0.25, 0.3) is 0 Å². The van der Waals surface area contributed by atoms with Crippen molar-refractivity contribution in [3.05, 3.63) is 0 Å². The Morgan fingerprint density at radius 2 is 1.91 bits per heavy atom. The van der Waals surface area contributed by atoms with E-state index in [1.165, 1.54) is 12.1 Å². The van der Waals surface area contributed by atoms with E-state index in [1.54, 1.807) is 0 Å². The Kier molecular flexibility index (Phi) is 3.10. The van der Waals surface area contributed by atoms with E-state index in [-0.39, 0.29) is 0 Å². The van der Waals surface area contributed by atoms with Crippen molar-refractivity contribution in [3.63, 3.8) is 0 Å². The van der Waals surface area contributed by atoms with Gasteiger partial charge in [-0.25, -0.2) is 0 Å². The highest BCUT2D eigenvalue weighted by atomic mass is 28.4. The van der Waals surface area contributed by atoms with Gasteiger partial charge in [-0.05, 0) is 32.5 Å². The van der Waals surface area contributed by atoms with Crippen LogP contribution in [0.5, 0.6) is 0 Å². The first-order valence-corrected chi connectivity index (χ1v) is 7.28. The zero-order chi connectivity index (χ0) is 8.32. The Labute approximate surface area is 70.0 Å². The van der Waals surface area contributed by atoms with Gasteiger partial charge in [-0.3, -0.25) is 0 Å². The molecule has 1 fully saturated rings. The summed E-state index contributed by atoms with van der Waals surface area (Å²) in [4.78, 5) is 0. The van der Waals surface area contributed by atoms with Crippen LogP contribution in [-0.4, -0.2) is 27.6 Å². The summed E-state index contributed by atoms with van der Waals surface area (Å²) in [6.45, 7) is 8.15. The summed E-state index contributed by atoms with van der Waals surface area (Å²) < 4.78 is 11.2. The topological polar surface area (TPSA) is 18.5 Å². The van der Waals surface area contributed by atoms with Crippen LogP contribution in [0.25, 0.3) is 0 Å². The van der Waals surface area contributed by atoms with Gasteiger partial charge in [0.2, 0.25) is 0 Å². The maximum atomic E-state index is 5.70. The summed E-state index contributed by atoms with van der Waals surface area (Å²) in [6.07, 6.45) is 0.517. The molecule has 3 heteroatoms. The fraction of sp³-hybridized carbons (Fsp3) is 1.00. The minimum Gasteiger partial charge on any atom is -0.417 e. The molecule has 1 aliphatic heterocycles. The molecule has 0 aromatic heterocycles. The van der Waals surface area contributed by atoms with Crippen molar-refractivity contribution in [3.8, 4) is 0 Å². The first-order valence-electron chi connectivity index (χ1n) is 4.45. The van der Waals surface area contributed by atoms with E-state index in [0.717, 1.165) is 13.2 Å². The number of ether oxygens (including phenoxy) is 1. The molecule has 0 aromatic carbocycles. The van der Waals surface area contributed by atoms with Crippen molar-refractivity contribution < 1.29 is 9.16 Å². The SMILES string of the molecule is CCOC1C[Si](C)(OCC)C1. The second-order valence-electron chi connectivity index (χ2n) is 3.37. The maximum absolute atomic E-state index is 5.70. The predicted molar refractivity (Wildman–Crippen MR) is 48.3 cm³/mol. The van der Waals surface area contributed by atoms with Crippen molar-refractivity contribution in [2.24, 2.45) is 0 Å². The van der Waals surface area contributed by atoms with Crippen molar-refractivity contribution in [1.29, 1.82) is 0 Å². The van der Waals surface area contributed by atoms with Crippen molar-refractivity contribution in [2.45, 2.75) is 38.6 Å². The molecular weight excluding hydrogens is 156 g/mol. The molecule has 0 aromatic rings. The fourth-order valence-corrected chi connectivity index (χ4v) is 4.70. The Hall–Kier alpha value is 0.137. The molecule has 1 rings (SSSR count). The lowest BCUT2D eigenvalue weighted by Gasteiger charge is -2.41. The second kappa shape index (κ2) is 3.69. The maximum Gasteiger partial charge on any atom is 0.194 e. The first-order chi connectivity index (χ1) is 5.20. The van der Waals surface area contributed by atoms with E-state index >= 15 is 0 Å². The third-order valence-corrected chi connectivity index (χ3v) is 5.84. The van der Waals surface area contributed by atoms with Gasteiger partial charge >= 0.3 is 0 Å². The van der Waals surface area contributed by atoms with Gasteiger partial charge in [0.1, 0.15) is 0 Å². The van der Waals surface area contributed by atoms with Crippen molar-refractivity contribution in [2.75, 3.05) is 13.2 Å². The summed E-state index contributed by atoms with van der Waals surface area (Å²) in [5.74, 6) is 0. The Morgan fingerprint density at radius 1 is 1.27 bits per heavy atom. The Balaban J connectivity index is 2.15. The van der Waals surface area contributed by atoms with Crippen LogP contribution in [0.1, 0.15) is 13.8 Å². The van der Waals surface area contributed by atoms with Crippen LogP contribution in [0.4, 0.5) is 0 Å². The standard InChI is InChI=1S/C8H18O2Si/c1-4-9-8-6-11(3,7-8)10-5-2/h8H,4-7H2,1-3H3. The molecule has 1 heterocycles. The van der Waals surface area contributed by atoms with Crippen molar-refractivity contribution >= 4 is 8.32 Å². The van der Waals surface area contributed by atoms with Gasteiger partial charge < -0.3 is 9.16 Å². The van der Waals surface area contributed by atoms with E-state index in [4.69, 9.17) is 9.16 Å². The zero-order valence-electron chi connectivity index (χ0n) is 7.72. The summed E-state index contributed by atoms with van der Waals surface area (Å²) in [6, 6.07) is 2.41. The molecule has 11 heavy (non-hydrogen) atoms.